The summed E-state index contributed by atoms with van der Waals surface area (Å²) in [7, 11) is 3.56. The van der Waals surface area contributed by atoms with E-state index in [0.717, 1.165) is 0 Å². The molecule has 37 heavy (non-hydrogen) atoms. The molecule has 4 aromatic rings. The molecule has 1 aromatic carbocycles. The smallest absolute Gasteiger partial charge is 0.298 e. The highest BCUT2D eigenvalue weighted by molar-refractivity contribution is 5.96. The first-order valence-electron chi connectivity index (χ1n) is 11.8. The van der Waals surface area contributed by atoms with E-state index in [1.807, 2.05) is 11.0 Å². The maximum Gasteiger partial charge on any atom is 0.298 e. The van der Waals surface area contributed by atoms with Gasteiger partial charge in [0.1, 0.15) is 11.3 Å². The lowest BCUT2D eigenvalue weighted by Crippen LogP contribution is -2.45. The van der Waals surface area contributed by atoms with E-state index in [9.17, 15) is 9.59 Å². The minimum atomic E-state index is -0.667. The Morgan fingerprint density at radius 3 is 2.76 bits per heavy atom. The highest BCUT2D eigenvalue weighted by atomic mass is 16.5. The minimum absolute atomic E-state index is 0.0199. The second kappa shape index (κ2) is 8.76. The molecule has 2 fully saturated rings. The monoisotopic (exact) mass is 503 g/mol. The molecule has 0 bridgehead atoms. The molecule has 2 amide bonds. The number of anilines is 3. The van der Waals surface area contributed by atoms with E-state index in [-0.39, 0.29) is 23.3 Å². The summed E-state index contributed by atoms with van der Waals surface area (Å²) in [5, 5.41) is 7.12. The number of nitrogens with two attached hydrogens (primary N) is 1. The summed E-state index contributed by atoms with van der Waals surface area (Å²) in [4.78, 5) is 41.3. The molecule has 3 N–H and O–H groups in total. The number of fused-ring (bicyclic) bond motifs is 1. The number of carbonyl (C=O) groups excluding carboxylic acids is 2. The third-order valence-corrected chi connectivity index (χ3v) is 6.57. The number of aromatic nitrogens is 5. The number of oxazole rings is 1. The van der Waals surface area contributed by atoms with E-state index in [1.54, 1.807) is 54.4 Å². The van der Waals surface area contributed by atoms with Crippen molar-refractivity contribution in [2.24, 2.45) is 12.8 Å². The van der Waals surface area contributed by atoms with Gasteiger partial charge in [-0.2, -0.15) is 10.1 Å². The number of nitrogens with zero attached hydrogens (tertiary/aromatic N) is 7. The molecule has 5 heterocycles. The summed E-state index contributed by atoms with van der Waals surface area (Å²) in [5.41, 5.74) is 8.26. The van der Waals surface area contributed by atoms with Crippen molar-refractivity contribution in [1.29, 1.82) is 0 Å². The molecular weight excluding hydrogens is 478 g/mol. The first-order valence-corrected chi connectivity index (χ1v) is 11.8. The Hall–Kier alpha value is -4.68. The maximum atomic E-state index is 12.1. The molecule has 2 aliphatic heterocycles. The van der Waals surface area contributed by atoms with Crippen LogP contribution in [0.4, 0.5) is 17.5 Å². The molecular formula is C24H25N9O4. The lowest BCUT2D eigenvalue weighted by atomic mass is 9.97. The van der Waals surface area contributed by atoms with Crippen LogP contribution in [0.3, 0.4) is 0 Å². The zero-order valence-electron chi connectivity index (χ0n) is 20.3. The Labute approximate surface area is 211 Å². The Kier molecular flexibility index (Phi) is 5.39. The predicted molar refractivity (Wildman–Crippen MR) is 133 cm³/mol. The summed E-state index contributed by atoms with van der Waals surface area (Å²) >= 11 is 0. The van der Waals surface area contributed by atoms with E-state index in [0.29, 0.717) is 60.3 Å². The summed E-state index contributed by atoms with van der Waals surface area (Å²) in [6, 6.07) is 5.85. The molecule has 1 atom stereocenters. The first-order chi connectivity index (χ1) is 17.8. The van der Waals surface area contributed by atoms with Gasteiger partial charge in [-0.3, -0.25) is 14.3 Å². The van der Waals surface area contributed by atoms with Gasteiger partial charge in [0, 0.05) is 58.3 Å². The Morgan fingerprint density at radius 1 is 1.22 bits per heavy atom. The van der Waals surface area contributed by atoms with Crippen molar-refractivity contribution >= 4 is 40.4 Å². The van der Waals surface area contributed by atoms with Crippen LogP contribution in [0, 0.1) is 0 Å². The van der Waals surface area contributed by atoms with Gasteiger partial charge in [0.15, 0.2) is 23.2 Å². The molecule has 190 valence electrons. The number of amides is 2. The highest BCUT2D eigenvalue weighted by Gasteiger charge is 2.34. The van der Waals surface area contributed by atoms with Crippen LogP contribution in [0.5, 0.6) is 5.75 Å². The fourth-order valence-electron chi connectivity index (χ4n) is 4.47. The fraction of sp³-hybridized carbons (Fsp3) is 0.333. The predicted octanol–water partition coefficient (Wildman–Crippen LogP) is 1.41. The number of likely N-dealkylation sites (tertiary alicyclic amines) is 1. The van der Waals surface area contributed by atoms with Crippen molar-refractivity contribution in [2.75, 3.05) is 36.9 Å². The van der Waals surface area contributed by atoms with E-state index < -0.39 is 12.0 Å². The van der Waals surface area contributed by atoms with Crippen LogP contribution in [-0.2, 0) is 11.8 Å². The van der Waals surface area contributed by atoms with Crippen LogP contribution in [0.15, 0.2) is 41.2 Å². The third kappa shape index (κ3) is 4.28. The van der Waals surface area contributed by atoms with Gasteiger partial charge in [0.25, 0.3) is 17.8 Å². The topological polar surface area (TPSA) is 158 Å². The van der Waals surface area contributed by atoms with Gasteiger partial charge >= 0.3 is 0 Å². The van der Waals surface area contributed by atoms with E-state index in [2.05, 4.69) is 25.4 Å². The zero-order chi connectivity index (χ0) is 25.7. The molecule has 2 saturated heterocycles. The molecule has 6 rings (SSSR count). The zero-order valence-corrected chi connectivity index (χ0v) is 20.3. The van der Waals surface area contributed by atoms with Crippen LogP contribution in [0.1, 0.15) is 28.5 Å². The lowest BCUT2D eigenvalue weighted by molar-refractivity contribution is -0.132. The average Bonchev–Trinajstić information content (AvgIpc) is 3.53. The van der Waals surface area contributed by atoms with Gasteiger partial charge in [-0.15, -0.1) is 0 Å². The van der Waals surface area contributed by atoms with Gasteiger partial charge in [-0.05, 0) is 12.1 Å². The van der Waals surface area contributed by atoms with Crippen LogP contribution in [0.25, 0.3) is 11.1 Å². The largest absolute Gasteiger partial charge is 0.480 e. The lowest BCUT2D eigenvalue weighted by Gasteiger charge is -2.37. The summed E-state index contributed by atoms with van der Waals surface area (Å²) in [6.07, 6.45) is 5.20. The summed E-state index contributed by atoms with van der Waals surface area (Å²) < 4.78 is 13.5. The van der Waals surface area contributed by atoms with Crippen molar-refractivity contribution in [3.05, 3.63) is 48.2 Å². The summed E-state index contributed by atoms with van der Waals surface area (Å²) in [6.45, 7) is 1.88. The van der Waals surface area contributed by atoms with Crippen molar-refractivity contribution in [2.45, 2.75) is 18.4 Å². The third-order valence-electron chi connectivity index (χ3n) is 6.57. The highest BCUT2D eigenvalue weighted by Crippen LogP contribution is 2.34. The van der Waals surface area contributed by atoms with Gasteiger partial charge in [0.2, 0.25) is 0 Å². The van der Waals surface area contributed by atoms with Crippen molar-refractivity contribution in [1.82, 2.24) is 29.6 Å². The number of aryl methyl sites for hydroxylation is 1. The Morgan fingerprint density at radius 2 is 2.05 bits per heavy atom. The Balaban J connectivity index is 1.14. The van der Waals surface area contributed by atoms with Crippen LogP contribution < -0.4 is 20.7 Å². The van der Waals surface area contributed by atoms with Gasteiger partial charge in [-0.25, -0.2) is 9.97 Å². The maximum absolute atomic E-state index is 12.1. The second-order valence-corrected chi connectivity index (χ2v) is 9.27. The summed E-state index contributed by atoms with van der Waals surface area (Å²) in [5.74, 6) is 0.202. The van der Waals surface area contributed by atoms with Crippen molar-refractivity contribution in [3.63, 3.8) is 0 Å². The second-order valence-electron chi connectivity index (χ2n) is 9.27. The number of ether oxygens (including phenoxy) is 1. The molecule has 1 unspecified atom stereocenters. The molecule has 0 radical (unpaired) electrons. The molecule has 3 aromatic heterocycles. The number of nitrogens with one attached hydrogen (secondary N) is 1. The fourth-order valence-corrected chi connectivity index (χ4v) is 4.47. The van der Waals surface area contributed by atoms with E-state index in [4.69, 9.17) is 14.9 Å². The van der Waals surface area contributed by atoms with E-state index >= 15 is 0 Å². The molecule has 13 heteroatoms. The number of hydrogen-bond acceptors (Lipinski definition) is 10. The number of rotatable bonds is 7. The molecule has 13 nitrogen and oxygen atoms in total. The molecule has 0 aliphatic carbocycles. The SMILES string of the molecule is CN1CCC(Oc2ccc3nc(N4CC(c5cnc(Nc6cnn(C)c6)c(C(N)=O)n5)C4)oc3c2)C1=O. The average molecular weight is 504 g/mol. The van der Waals surface area contributed by atoms with Crippen molar-refractivity contribution < 1.29 is 18.7 Å². The van der Waals surface area contributed by atoms with Crippen LogP contribution in [-0.4, -0.2) is 74.2 Å². The number of likely N-dealkylation sites (N-methyl/N-ethyl adjacent to an activating group) is 1. The standard InChI is InChI=1S/C24H25N9O4/c1-31-6-5-18(23(31)35)36-15-3-4-16-19(7-15)37-24(30-16)33-10-13(11-33)17-9-26-22(20(29-17)21(25)34)28-14-8-27-32(2)12-14/h3-4,7-9,12-13,18H,5-6,10-11H2,1-2H3,(H2,25,34)(H,26,28). The number of primary amides is 1. The van der Waals surface area contributed by atoms with Gasteiger partial charge in [0.05, 0.1) is 23.8 Å². The van der Waals surface area contributed by atoms with Crippen LogP contribution in [0.2, 0.25) is 0 Å². The Bertz CT molecular complexity index is 1510. The molecule has 2 aliphatic rings. The van der Waals surface area contributed by atoms with Crippen LogP contribution >= 0.6 is 0 Å². The molecule has 0 saturated carbocycles. The van der Waals surface area contributed by atoms with E-state index in [1.165, 1.54) is 0 Å². The number of benzene rings is 1. The quantitative estimate of drug-likeness (QED) is 0.378. The van der Waals surface area contributed by atoms with Gasteiger partial charge < -0.3 is 30.0 Å². The van der Waals surface area contributed by atoms with Gasteiger partial charge in [-0.1, -0.05) is 0 Å². The first kappa shape index (κ1) is 22.8. The minimum Gasteiger partial charge on any atom is -0.480 e. The number of carbonyl (C=O) groups is 2. The van der Waals surface area contributed by atoms with Crippen molar-refractivity contribution in [3.8, 4) is 5.75 Å². The number of hydrogen-bond donors (Lipinski definition) is 2. The molecule has 0 spiro atoms. The normalized spacial score (nSPS) is 17.9.